The Morgan fingerprint density at radius 3 is 2.90 bits per heavy atom. The van der Waals surface area contributed by atoms with E-state index in [9.17, 15) is 13.9 Å². The van der Waals surface area contributed by atoms with Gasteiger partial charge in [0.25, 0.3) is 6.43 Å². The summed E-state index contributed by atoms with van der Waals surface area (Å²) >= 11 is 0. The van der Waals surface area contributed by atoms with Crippen LogP contribution in [-0.2, 0) is 11.3 Å². The first-order valence-electron chi connectivity index (χ1n) is 9.49. The molecule has 1 fully saturated rings. The van der Waals surface area contributed by atoms with Crippen LogP contribution in [0.3, 0.4) is 0 Å². The zero-order valence-electron chi connectivity index (χ0n) is 16.0. The fourth-order valence-electron chi connectivity index (χ4n) is 3.65. The number of aromatic nitrogens is 6. The molecule has 5 rings (SSSR count). The standard InChI is InChI=1S/C19H19F2N7O2/c1-10-23-13-3-2-12(24-18(13)27(10)7-17(20)21)11-4-5-28-15(11)6-22-19(26-28)25-14-8-30-9-16(14)29/h2-6,14,16-17,29H,7-9H2,1H3,(H,25,26)/t14-,16-/m1/s1. The van der Waals surface area contributed by atoms with Crippen molar-refractivity contribution in [3.63, 3.8) is 0 Å². The van der Waals surface area contributed by atoms with Crippen LogP contribution in [0.15, 0.2) is 30.6 Å². The third-order valence-corrected chi connectivity index (χ3v) is 5.16. The van der Waals surface area contributed by atoms with Crippen LogP contribution in [-0.4, -0.2) is 66.0 Å². The quantitative estimate of drug-likeness (QED) is 0.513. The number of aliphatic hydroxyl groups is 1. The molecular weight excluding hydrogens is 396 g/mol. The highest BCUT2D eigenvalue weighted by molar-refractivity contribution is 5.82. The van der Waals surface area contributed by atoms with Crippen LogP contribution in [0.5, 0.6) is 0 Å². The maximum absolute atomic E-state index is 13.0. The van der Waals surface area contributed by atoms with Crippen LogP contribution < -0.4 is 5.32 Å². The fraction of sp³-hybridized carbons (Fsp3) is 0.368. The third-order valence-electron chi connectivity index (χ3n) is 5.16. The van der Waals surface area contributed by atoms with Crippen LogP contribution in [0.2, 0.25) is 0 Å². The molecular formula is C19H19F2N7O2. The second-order valence-corrected chi connectivity index (χ2v) is 7.20. The van der Waals surface area contributed by atoms with Crippen molar-refractivity contribution in [2.75, 3.05) is 18.5 Å². The molecule has 0 spiro atoms. The van der Waals surface area contributed by atoms with Gasteiger partial charge in [0.1, 0.15) is 11.3 Å². The van der Waals surface area contributed by atoms with Crippen LogP contribution in [0.25, 0.3) is 27.9 Å². The molecule has 2 N–H and O–H groups in total. The van der Waals surface area contributed by atoms with E-state index in [1.807, 2.05) is 6.07 Å². The van der Waals surface area contributed by atoms with Gasteiger partial charge in [0.2, 0.25) is 5.95 Å². The molecule has 4 aromatic rings. The maximum Gasteiger partial charge on any atom is 0.256 e. The Morgan fingerprint density at radius 1 is 1.27 bits per heavy atom. The van der Waals surface area contributed by atoms with E-state index in [1.54, 1.807) is 36.0 Å². The van der Waals surface area contributed by atoms with Crippen molar-refractivity contribution in [3.05, 3.63) is 36.4 Å². The number of ether oxygens (including phenoxy) is 1. The number of nitrogens with zero attached hydrogens (tertiary/aromatic N) is 6. The smallest absolute Gasteiger partial charge is 0.256 e. The first kappa shape index (κ1) is 18.8. The van der Waals surface area contributed by atoms with Gasteiger partial charge in [-0.3, -0.25) is 0 Å². The van der Waals surface area contributed by atoms with Gasteiger partial charge in [-0.25, -0.2) is 28.2 Å². The molecule has 0 bridgehead atoms. The molecule has 1 aliphatic heterocycles. The second-order valence-electron chi connectivity index (χ2n) is 7.20. The predicted octanol–water partition coefficient (Wildman–Crippen LogP) is 1.89. The minimum Gasteiger partial charge on any atom is -0.388 e. The highest BCUT2D eigenvalue weighted by atomic mass is 19.3. The molecule has 0 aromatic carbocycles. The van der Waals surface area contributed by atoms with Crippen molar-refractivity contribution >= 4 is 22.6 Å². The van der Waals surface area contributed by atoms with Crippen LogP contribution in [0, 0.1) is 6.92 Å². The molecule has 1 saturated heterocycles. The van der Waals surface area contributed by atoms with E-state index in [1.165, 1.54) is 4.57 Å². The van der Waals surface area contributed by atoms with Gasteiger partial charge >= 0.3 is 0 Å². The molecule has 0 unspecified atom stereocenters. The van der Waals surface area contributed by atoms with Crippen molar-refractivity contribution in [1.82, 2.24) is 29.1 Å². The zero-order valence-corrected chi connectivity index (χ0v) is 16.0. The molecule has 1 aliphatic rings. The van der Waals surface area contributed by atoms with Gasteiger partial charge < -0.3 is 19.7 Å². The molecule has 4 aromatic heterocycles. The number of imidazole rings is 1. The lowest BCUT2D eigenvalue weighted by Crippen LogP contribution is -2.32. The number of aryl methyl sites for hydroxylation is 1. The summed E-state index contributed by atoms with van der Waals surface area (Å²) in [6.07, 6.45) is 0.319. The van der Waals surface area contributed by atoms with Gasteiger partial charge in [-0.15, -0.1) is 5.10 Å². The number of pyridine rings is 1. The predicted molar refractivity (Wildman–Crippen MR) is 104 cm³/mol. The normalized spacial score (nSPS) is 19.4. The van der Waals surface area contributed by atoms with Gasteiger partial charge in [0.15, 0.2) is 5.65 Å². The number of hydrogen-bond acceptors (Lipinski definition) is 7. The van der Waals surface area contributed by atoms with E-state index in [0.717, 1.165) is 5.56 Å². The van der Waals surface area contributed by atoms with Crippen molar-refractivity contribution in [2.45, 2.75) is 32.0 Å². The van der Waals surface area contributed by atoms with Crippen molar-refractivity contribution in [3.8, 4) is 11.3 Å². The number of fused-ring (bicyclic) bond motifs is 2. The largest absolute Gasteiger partial charge is 0.388 e. The summed E-state index contributed by atoms with van der Waals surface area (Å²) in [5.74, 6) is 0.863. The SMILES string of the molecule is Cc1nc2ccc(-c3ccn4nc(N[C@@H]5COC[C@H]5O)ncc34)nc2n1CC(F)F. The summed E-state index contributed by atoms with van der Waals surface area (Å²) in [6.45, 7) is 1.90. The molecule has 0 radical (unpaired) electrons. The fourth-order valence-corrected chi connectivity index (χ4v) is 3.65. The molecule has 0 amide bonds. The van der Waals surface area contributed by atoms with Crippen LogP contribution in [0.1, 0.15) is 5.82 Å². The van der Waals surface area contributed by atoms with E-state index in [4.69, 9.17) is 4.74 Å². The first-order valence-corrected chi connectivity index (χ1v) is 9.49. The Hall–Kier alpha value is -3.18. The topological polar surface area (TPSA) is 102 Å². The Kier molecular flexibility index (Phi) is 4.55. The number of nitrogens with one attached hydrogen (secondary N) is 1. The first-order chi connectivity index (χ1) is 14.5. The number of halogens is 2. The third kappa shape index (κ3) is 3.25. The highest BCUT2D eigenvalue weighted by Crippen LogP contribution is 2.26. The highest BCUT2D eigenvalue weighted by Gasteiger charge is 2.26. The van der Waals surface area contributed by atoms with E-state index in [0.29, 0.717) is 40.8 Å². The Balaban J connectivity index is 1.50. The lowest BCUT2D eigenvalue weighted by molar-refractivity contribution is 0.125. The van der Waals surface area contributed by atoms with Crippen molar-refractivity contribution in [2.24, 2.45) is 0 Å². The van der Waals surface area contributed by atoms with E-state index in [-0.39, 0.29) is 12.6 Å². The van der Waals surface area contributed by atoms with Crippen LogP contribution in [0.4, 0.5) is 14.7 Å². The van der Waals surface area contributed by atoms with Gasteiger partial charge in [0, 0.05) is 11.8 Å². The summed E-state index contributed by atoms with van der Waals surface area (Å²) in [7, 11) is 0. The molecule has 11 heteroatoms. The monoisotopic (exact) mass is 415 g/mol. The van der Waals surface area contributed by atoms with E-state index in [2.05, 4.69) is 25.4 Å². The zero-order chi connectivity index (χ0) is 20.8. The summed E-state index contributed by atoms with van der Waals surface area (Å²) in [5.41, 5.74) is 3.09. The maximum atomic E-state index is 13.0. The molecule has 5 heterocycles. The molecule has 30 heavy (non-hydrogen) atoms. The number of aliphatic hydroxyl groups excluding tert-OH is 1. The molecule has 156 valence electrons. The lowest BCUT2D eigenvalue weighted by Gasteiger charge is -2.14. The number of rotatable bonds is 5. The molecule has 9 nitrogen and oxygen atoms in total. The lowest BCUT2D eigenvalue weighted by atomic mass is 10.2. The Bertz CT molecular complexity index is 1220. The number of alkyl halides is 2. The van der Waals surface area contributed by atoms with Gasteiger partial charge in [0.05, 0.1) is 49.3 Å². The minimum absolute atomic E-state index is 0.264. The van der Waals surface area contributed by atoms with E-state index < -0.39 is 19.1 Å². The molecule has 0 aliphatic carbocycles. The average molecular weight is 415 g/mol. The van der Waals surface area contributed by atoms with Crippen molar-refractivity contribution < 1.29 is 18.6 Å². The van der Waals surface area contributed by atoms with Crippen LogP contribution >= 0.6 is 0 Å². The number of hydrogen-bond donors (Lipinski definition) is 2. The Labute approximate surface area is 169 Å². The second kappa shape index (κ2) is 7.26. The summed E-state index contributed by atoms with van der Waals surface area (Å²) in [4.78, 5) is 13.2. The molecule has 2 atom stereocenters. The number of anilines is 1. The van der Waals surface area contributed by atoms with Crippen molar-refractivity contribution in [1.29, 1.82) is 0 Å². The summed E-state index contributed by atoms with van der Waals surface area (Å²) < 4.78 is 34.2. The summed E-state index contributed by atoms with van der Waals surface area (Å²) in [5, 5.41) is 17.4. The van der Waals surface area contributed by atoms with E-state index >= 15 is 0 Å². The summed E-state index contributed by atoms with van der Waals surface area (Å²) in [6, 6.07) is 5.15. The van der Waals surface area contributed by atoms with Gasteiger partial charge in [-0.05, 0) is 25.1 Å². The molecule has 0 saturated carbocycles. The van der Waals surface area contributed by atoms with Gasteiger partial charge in [-0.1, -0.05) is 0 Å². The minimum atomic E-state index is -2.50. The van der Waals surface area contributed by atoms with Gasteiger partial charge in [-0.2, -0.15) is 0 Å². The Morgan fingerprint density at radius 2 is 2.13 bits per heavy atom. The average Bonchev–Trinajstić information content (AvgIpc) is 3.39.